The van der Waals surface area contributed by atoms with Crippen LogP contribution in [-0.4, -0.2) is 21.1 Å². The van der Waals surface area contributed by atoms with E-state index in [-0.39, 0.29) is 5.56 Å². The van der Waals surface area contributed by atoms with Crippen LogP contribution in [0.2, 0.25) is 0 Å². The summed E-state index contributed by atoms with van der Waals surface area (Å²) in [5.41, 5.74) is 7.04. The molecule has 1 unspecified atom stereocenters. The predicted molar refractivity (Wildman–Crippen MR) is 112 cm³/mol. The first-order valence-corrected chi connectivity index (χ1v) is 10.3. The number of hydrogen-bond donors (Lipinski definition) is 2. The summed E-state index contributed by atoms with van der Waals surface area (Å²) in [5.74, 6) is -0.409. The van der Waals surface area contributed by atoms with Crippen LogP contribution < -0.4 is 11.3 Å². The molecule has 5 nitrogen and oxygen atoms in total. The molecule has 0 aliphatic carbocycles. The third-order valence-corrected chi connectivity index (χ3v) is 6.56. The second-order valence-corrected chi connectivity index (χ2v) is 8.23. The van der Waals surface area contributed by atoms with Gasteiger partial charge in [0.15, 0.2) is 5.16 Å². The molecule has 0 bridgehead atoms. The van der Waals surface area contributed by atoms with Crippen LogP contribution in [-0.2, 0) is 4.79 Å². The molecule has 0 aliphatic rings. The standard InChI is InChI=1S/C20H17N3O2S2/c1-2-15(17(21)24)27-20-22-18(25)16-14(10-26-19(16)23-20)13-8-7-11-5-3-4-6-12(11)9-13/h3-10,15H,2H2,1H3,(H2,21,24)(H,22,23,25). The summed E-state index contributed by atoms with van der Waals surface area (Å²) in [4.78, 5) is 32.2. The van der Waals surface area contributed by atoms with Crippen molar-refractivity contribution in [2.24, 2.45) is 5.73 Å². The van der Waals surface area contributed by atoms with E-state index >= 15 is 0 Å². The Labute approximate surface area is 163 Å². The summed E-state index contributed by atoms with van der Waals surface area (Å²) < 4.78 is 0. The number of nitrogens with zero attached hydrogens (tertiary/aromatic N) is 1. The van der Waals surface area contributed by atoms with Crippen molar-refractivity contribution in [3.8, 4) is 11.1 Å². The summed E-state index contributed by atoms with van der Waals surface area (Å²) in [5, 5.41) is 4.82. The van der Waals surface area contributed by atoms with Crippen molar-refractivity contribution in [3.05, 3.63) is 58.2 Å². The highest BCUT2D eigenvalue weighted by atomic mass is 32.2. The summed E-state index contributed by atoms with van der Waals surface area (Å²) in [6, 6.07) is 14.3. The molecule has 3 N–H and O–H groups in total. The van der Waals surface area contributed by atoms with Crippen LogP contribution in [0.3, 0.4) is 0 Å². The molecule has 4 aromatic rings. The van der Waals surface area contributed by atoms with Crippen molar-refractivity contribution in [1.29, 1.82) is 0 Å². The smallest absolute Gasteiger partial charge is 0.260 e. The topological polar surface area (TPSA) is 88.8 Å². The Morgan fingerprint density at radius 3 is 2.78 bits per heavy atom. The van der Waals surface area contributed by atoms with Gasteiger partial charge in [0.1, 0.15) is 4.83 Å². The number of nitrogens with two attached hydrogens (primary N) is 1. The number of H-pyrrole nitrogens is 1. The van der Waals surface area contributed by atoms with Gasteiger partial charge in [-0.15, -0.1) is 11.3 Å². The van der Waals surface area contributed by atoms with Crippen molar-refractivity contribution in [2.45, 2.75) is 23.8 Å². The van der Waals surface area contributed by atoms with Crippen LogP contribution in [0.25, 0.3) is 32.1 Å². The fraction of sp³-hybridized carbons (Fsp3) is 0.150. The van der Waals surface area contributed by atoms with Crippen molar-refractivity contribution in [3.63, 3.8) is 0 Å². The third kappa shape index (κ3) is 3.36. The number of hydrogen-bond acceptors (Lipinski definition) is 5. The summed E-state index contributed by atoms with van der Waals surface area (Å²) in [6.07, 6.45) is 0.578. The quantitative estimate of drug-likeness (QED) is 0.392. The number of thioether (sulfide) groups is 1. The lowest BCUT2D eigenvalue weighted by Crippen LogP contribution is -2.25. The lowest BCUT2D eigenvalue weighted by Gasteiger charge is -2.09. The molecule has 0 fully saturated rings. The van der Waals surface area contributed by atoms with E-state index in [1.54, 1.807) is 0 Å². The normalized spacial score (nSPS) is 12.5. The zero-order valence-corrected chi connectivity index (χ0v) is 16.2. The largest absolute Gasteiger partial charge is 0.369 e. The summed E-state index contributed by atoms with van der Waals surface area (Å²) >= 11 is 2.62. The van der Waals surface area contributed by atoms with Gasteiger partial charge >= 0.3 is 0 Å². The molecule has 2 heterocycles. The van der Waals surface area contributed by atoms with Gasteiger partial charge in [-0.1, -0.05) is 55.1 Å². The van der Waals surface area contributed by atoms with Crippen LogP contribution in [0.15, 0.2) is 57.8 Å². The number of benzene rings is 2. The van der Waals surface area contributed by atoms with Crippen LogP contribution in [0.1, 0.15) is 13.3 Å². The van der Waals surface area contributed by atoms with E-state index in [1.165, 1.54) is 23.1 Å². The lowest BCUT2D eigenvalue weighted by molar-refractivity contribution is -0.117. The van der Waals surface area contributed by atoms with Gasteiger partial charge in [0.05, 0.1) is 10.6 Å². The van der Waals surface area contributed by atoms with Crippen LogP contribution in [0.4, 0.5) is 0 Å². The van der Waals surface area contributed by atoms with Crippen LogP contribution in [0, 0.1) is 0 Å². The molecule has 0 aliphatic heterocycles. The van der Waals surface area contributed by atoms with E-state index in [9.17, 15) is 9.59 Å². The SMILES string of the molecule is CCC(Sc1nc2scc(-c3ccc4ccccc4c3)c2c(=O)[nH]1)C(N)=O. The maximum absolute atomic E-state index is 12.7. The third-order valence-electron chi connectivity index (χ3n) is 4.42. The highest BCUT2D eigenvalue weighted by Gasteiger charge is 2.18. The number of thiophene rings is 1. The molecule has 2 aromatic carbocycles. The minimum atomic E-state index is -0.412. The first kappa shape index (κ1) is 17.8. The second-order valence-electron chi connectivity index (χ2n) is 6.18. The Hall–Kier alpha value is -2.64. The van der Waals surface area contributed by atoms with Crippen LogP contribution in [0.5, 0.6) is 0 Å². The zero-order valence-electron chi connectivity index (χ0n) is 14.6. The number of aromatic amines is 1. The molecule has 4 rings (SSSR count). The monoisotopic (exact) mass is 395 g/mol. The number of carbonyl (C=O) groups excluding carboxylic acids is 1. The fourth-order valence-corrected chi connectivity index (χ4v) is 4.89. The predicted octanol–water partition coefficient (Wildman–Crippen LogP) is 4.16. The van der Waals surface area contributed by atoms with Crippen molar-refractivity contribution < 1.29 is 4.79 Å². The Morgan fingerprint density at radius 2 is 2.04 bits per heavy atom. The lowest BCUT2D eigenvalue weighted by atomic mass is 10.0. The number of nitrogens with one attached hydrogen (secondary N) is 1. The molecule has 0 spiro atoms. The average molecular weight is 396 g/mol. The number of rotatable bonds is 5. The highest BCUT2D eigenvalue weighted by Crippen LogP contribution is 2.33. The number of fused-ring (bicyclic) bond motifs is 2. The maximum atomic E-state index is 12.7. The molecule has 1 atom stereocenters. The molecule has 0 radical (unpaired) electrons. The Morgan fingerprint density at radius 1 is 1.26 bits per heavy atom. The molecule has 27 heavy (non-hydrogen) atoms. The Balaban J connectivity index is 1.79. The minimum Gasteiger partial charge on any atom is -0.369 e. The van der Waals surface area contributed by atoms with Gasteiger partial charge in [-0.25, -0.2) is 4.98 Å². The van der Waals surface area contributed by atoms with E-state index < -0.39 is 11.2 Å². The molecular weight excluding hydrogens is 378 g/mol. The van der Waals surface area contributed by atoms with E-state index in [1.807, 2.05) is 30.5 Å². The van der Waals surface area contributed by atoms with Gasteiger partial charge in [-0.2, -0.15) is 0 Å². The first-order valence-electron chi connectivity index (χ1n) is 8.53. The number of amides is 1. The number of primary amides is 1. The van der Waals surface area contributed by atoms with Gasteiger partial charge in [-0.05, 0) is 28.8 Å². The Kier molecular flexibility index (Phi) is 4.72. The van der Waals surface area contributed by atoms with Gasteiger partial charge in [0.2, 0.25) is 5.91 Å². The van der Waals surface area contributed by atoms with Crippen LogP contribution >= 0.6 is 23.1 Å². The van der Waals surface area contributed by atoms with E-state index in [2.05, 4.69) is 34.2 Å². The first-order chi connectivity index (χ1) is 13.1. The maximum Gasteiger partial charge on any atom is 0.260 e. The molecule has 2 aromatic heterocycles. The van der Waals surface area contributed by atoms with Gasteiger partial charge in [0.25, 0.3) is 5.56 Å². The van der Waals surface area contributed by atoms with Gasteiger partial charge < -0.3 is 10.7 Å². The molecule has 136 valence electrons. The average Bonchev–Trinajstić information content (AvgIpc) is 3.10. The number of carbonyl (C=O) groups is 1. The second kappa shape index (κ2) is 7.17. The van der Waals surface area contributed by atoms with Crippen molar-refractivity contribution in [2.75, 3.05) is 0 Å². The summed E-state index contributed by atoms with van der Waals surface area (Å²) in [7, 11) is 0. The zero-order chi connectivity index (χ0) is 19.0. The van der Waals surface area contributed by atoms with Gasteiger partial charge in [-0.3, -0.25) is 9.59 Å². The molecular formula is C20H17N3O2S2. The Bertz CT molecular complexity index is 1210. The molecule has 1 amide bonds. The molecule has 0 saturated heterocycles. The molecule has 7 heteroatoms. The minimum absolute atomic E-state index is 0.203. The van der Waals surface area contributed by atoms with E-state index in [0.29, 0.717) is 21.8 Å². The van der Waals surface area contributed by atoms with Crippen molar-refractivity contribution >= 4 is 50.0 Å². The van der Waals surface area contributed by atoms with Gasteiger partial charge in [0, 0.05) is 10.9 Å². The number of aromatic nitrogens is 2. The fourth-order valence-electron chi connectivity index (χ4n) is 3.03. The molecule has 0 saturated carbocycles. The summed E-state index contributed by atoms with van der Waals surface area (Å²) in [6.45, 7) is 1.88. The highest BCUT2D eigenvalue weighted by molar-refractivity contribution is 8.00. The van der Waals surface area contributed by atoms with Crippen molar-refractivity contribution in [1.82, 2.24) is 9.97 Å². The van der Waals surface area contributed by atoms with E-state index in [0.717, 1.165) is 21.9 Å². The van der Waals surface area contributed by atoms with E-state index in [4.69, 9.17) is 5.73 Å².